The SMILES string of the molecule is CC(C)CN(C)C(=O)Nc1ccccc1CN1C[C@H](C)O[C@@H](C)C1. The van der Waals surface area contributed by atoms with Gasteiger partial charge >= 0.3 is 6.03 Å². The molecule has 1 aliphatic rings. The van der Waals surface area contributed by atoms with Crippen LogP contribution >= 0.6 is 0 Å². The Morgan fingerprint density at radius 2 is 1.92 bits per heavy atom. The summed E-state index contributed by atoms with van der Waals surface area (Å²) >= 11 is 0. The number of hydrogen-bond donors (Lipinski definition) is 1. The molecule has 0 radical (unpaired) electrons. The molecule has 5 heteroatoms. The number of carbonyl (C=O) groups excluding carboxylic acids is 1. The molecule has 24 heavy (non-hydrogen) atoms. The Kier molecular flexibility index (Phi) is 6.63. The van der Waals surface area contributed by atoms with Crippen molar-refractivity contribution >= 4 is 11.7 Å². The van der Waals surface area contributed by atoms with Gasteiger partial charge in [-0.2, -0.15) is 0 Å². The third kappa shape index (κ3) is 5.49. The molecule has 1 aromatic carbocycles. The fourth-order valence-corrected chi connectivity index (χ4v) is 3.28. The fourth-order valence-electron chi connectivity index (χ4n) is 3.28. The van der Waals surface area contributed by atoms with Crippen LogP contribution in [0, 0.1) is 5.92 Å². The molecule has 5 nitrogen and oxygen atoms in total. The minimum absolute atomic E-state index is 0.0557. The first-order valence-corrected chi connectivity index (χ1v) is 8.83. The second-order valence-corrected chi connectivity index (χ2v) is 7.31. The van der Waals surface area contributed by atoms with Crippen molar-refractivity contribution < 1.29 is 9.53 Å². The van der Waals surface area contributed by atoms with Crippen LogP contribution in [0.3, 0.4) is 0 Å². The molecule has 0 bridgehead atoms. The molecular weight excluding hydrogens is 302 g/mol. The third-order valence-electron chi connectivity index (χ3n) is 4.13. The van der Waals surface area contributed by atoms with Crippen LogP contribution in [0.1, 0.15) is 33.3 Å². The predicted octanol–water partition coefficient (Wildman–Crippen LogP) is 3.42. The summed E-state index contributed by atoms with van der Waals surface area (Å²) in [4.78, 5) is 16.5. The van der Waals surface area contributed by atoms with E-state index < -0.39 is 0 Å². The average Bonchev–Trinajstić information content (AvgIpc) is 2.47. The molecule has 0 aliphatic carbocycles. The number of morpholine rings is 1. The maximum Gasteiger partial charge on any atom is 0.321 e. The van der Waals surface area contributed by atoms with Gasteiger partial charge in [0, 0.05) is 38.9 Å². The minimum Gasteiger partial charge on any atom is -0.373 e. The van der Waals surface area contributed by atoms with E-state index in [4.69, 9.17) is 4.74 Å². The lowest BCUT2D eigenvalue weighted by Crippen LogP contribution is -2.45. The number of nitrogens with one attached hydrogen (secondary N) is 1. The first kappa shape index (κ1) is 18.7. The Morgan fingerprint density at radius 3 is 2.54 bits per heavy atom. The number of ether oxygens (including phenoxy) is 1. The normalized spacial score (nSPS) is 21.8. The van der Waals surface area contributed by atoms with Crippen molar-refractivity contribution in [1.82, 2.24) is 9.80 Å². The zero-order valence-corrected chi connectivity index (χ0v) is 15.6. The van der Waals surface area contributed by atoms with E-state index in [-0.39, 0.29) is 18.2 Å². The van der Waals surface area contributed by atoms with Crippen LogP contribution in [0.5, 0.6) is 0 Å². The highest BCUT2D eigenvalue weighted by Crippen LogP contribution is 2.20. The van der Waals surface area contributed by atoms with Gasteiger partial charge < -0.3 is 15.0 Å². The maximum atomic E-state index is 12.4. The average molecular weight is 333 g/mol. The molecule has 2 atom stereocenters. The second-order valence-electron chi connectivity index (χ2n) is 7.31. The first-order chi connectivity index (χ1) is 11.3. The lowest BCUT2D eigenvalue weighted by Gasteiger charge is -2.35. The molecule has 134 valence electrons. The summed E-state index contributed by atoms with van der Waals surface area (Å²) in [6, 6.07) is 7.99. The predicted molar refractivity (Wildman–Crippen MR) is 98.2 cm³/mol. The molecule has 1 fully saturated rings. The van der Waals surface area contributed by atoms with Gasteiger partial charge in [-0.3, -0.25) is 4.90 Å². The summed E-state index contributed by atoms with van der Waals surface area (Å²) in [5.74, 6) is 0.451. The van der Waals surface area contributed by atoms with Crippen LogP contribution in [-0.2, 0) is 11.3 Å². The fraction of sp³-hybridized carbons (Fsp3) is 0.632. The van der Waals surface area contributed by atoms with Crippen LogP contribution in [0.15, 0.2) is 24.3 Å². The van der Waals surface area contributed by atoms with Gasteiger partial charge in [0.05, 0.1) is 12.2 Å². The Morgan fingerprint density at radius 1 is 1.29 bits per heavy atom. The molecule has 2 rings (SSSR count). The van der Waals surface area contributed by atoms with E-state index in [2.05, 4.69) is 44.0 Å². The molecule has 0 spiro atoms. The van der Waals surface area contributed by atoms with Crippen LogP contribution in [0.4, 0.5) is 10.5 Å². The number of urea groups is 1. The minimum atomic E-state index is -0.0557. The lowest BCUT2D eigenvalue weighted by molar-refractivity contribution is -0.0704. The molecule has 0 unspecified atom stereocenters. The molecule has 0 saturated carbocycles. The Hall–Kier alpha value is -1.59. The molecule has 1 aliphatic heterocycles. The summed E-state index contributed by atoms with van der Waals surface area (Å²) in [6.45, 7) is 11.8. The molecular formula is C19H31N3O2. The van der Waals surface area contributed by atoms with Gasteiger partial charge in [-0.25, -0.2) is 4.79 Å². The highest BCUT2D eigenvalue weighted by Gasteiger charge is 2.23. The van der Waals surface area contributed by atoms with Crippen LogP contribution in [-0.4, -0.2) is 54.7 Å². The summed E-state index contributed by atoms with van der Waals surface area (Å²) in [7, 11) is 1.84. The Labute approximate surface area is 146 Å². The molecule has 2 amide bonds. The number of anilines is 1. The van der Waals surface area contributed by atoms with Crippen molar-refractivity contribution in [3.05, 3.63) is 29.8 Å². The van der Waals surface area contributed by atoms with Gasteiger partial charge in [0.25, 0.3) is 0 Å². The Bertz CT molecular complexity index is 537. The van der Waals surface area contributed by atoms with Crippen LogP contribution in [0.2, 0.25) is 0 Å². The first-order valence-electron chi connectivity index (χ1n) is 8.83. The number of benzene rings is 1. The van der Waals surface area contributed by atoms with Gasteiger partial charge in [-0.05, 0) is 31.4 Å². The number of para-hydroxylation sites is 1. The monoisotopic (exact) mass is 333 g/mol. The number of carbonyl (C=O) groups is 1. The van der Waals surface area contributed by atoms with Gasteiger partial charge in [0.1, 0.15) is 0 Å². The van der Waals surface area contributed by atoms with E-state index in [0.717, 1.165) is 37.4 Å². The van der Waals surface area contributed by atoms with Gasteiger partial charge in [-0.1, -0.05) is 32.0 Å². The molecule has 1 saturated heterocycles. The molecule has 1 aromatic rings. The van der Waals surface area contributed by atoms with E-state index in [1.807, 2.05) is 25.2 Å². The van der Waals surface area contributed by atoms with Crippen LogP contribution in [0.25, 0.3) is 0 Å². The topological polar surface area (TPSA) is 44.8 Å². The summed E-state index contributed by atoms with van der Waals surface area (Å²) < 4.78 is 5.80. The van der Waals surface area contributed by atoms with E-state index in [1.54, 1.807) is 4.90 Å². The van der Waals surface area contributed by atoms with E-state index in [9.17, 15) is 4.79 Å². The van der Waals surface area contributed by atoms with E-state index in [0.29, 0.717) is 5.92 Å². The zero-order chi connectivity index (χ0) is 17.7. The van der Waals surface area contributed by atoms with Gasteiger partial charge in [-0.15, -0.1) is 0 Å². The number of amides is 2. The van der Waals surface area contributed by atoms with Crippen molar-refractivity contribution in [3.8, 4) is 0 Å². The second kappa shape index (κ2) is 8.49. The standard InChI is InChI=1S/C19H31N3O2/c1-14(2)10-21(5)19(23)20-18-9-7-6-8-17(18)13-22-11-15(3)24-16(4)12-22/h6-9,14-16H,10-13H2,1-5H3,(H,20,23)/t15-,16-/m0/s1. The van der Waals surface area contributed by atoms with E-state index in [1.165, 1.54) is 0 Å². The number of hydrogen-bond acceptors (Lipinski definition) is 3. The summed E-state index contributed by atoms with van der Waals surface area (Å²) in [5, 5.41) is 3.06. The van der Waals surface area contributed by atoms with E-state index >= 15 is 0 Å². The number of rotatable bonds is 5. The molecule has 1 heterocycles. The quantitative estimate of drug-likeness (QED) is 0.898. The van der Waals surface area contributed by atoms with Crippen molar-refractivity contribution in [3.63, 3.8) is 0 Å². The summed E-state index contributed by atoms with van der Waals surface area (Å²) in [6.07, 6.45) is 0.486. The van der Waals surface area contributed by atoms with Gasteiger partial charge in [0.2, 0.25) is 0 Å². The lowest BCUT2D eigenvalue weighted by atomic mass is 10.1. The van der Waals surface area contributed by atoms with Crippen molar-refractivity contribution in [1.29, 1.82) is 0 Å². The van der Waals surface area contributed by atoms with Crippen molar-refractivity contribution in [2.24, 2.45) is 5.92 Å². The zero-order valence-electron chi connectivity index (χ0n) is 15.6. The third-order valence-corrected chi connectivity index (χ3v) is 4.13. The highest BCUT2D eigenvalue weighted by molar-refractivity contribution is 5.90. The Balaban J connectivity index is 2.03. The van der Waals surface area contributed by atoms with Crippen LogP contribution < -0.4 is 5.32 Å². The maximum absolute atomic E-state index is 12.4. The summed E-state index contributed by atoms with van der Waals surface area (Å²) in [5.41, 5.74) is 2.04. The largest absolute Gasteiger partial charge is 0.373 e. The van der Waals surface area contributed by atoms with Gasteiger partial charge in [0.15, 0.2) is 0 Å². The molecule has 1 N–H and O–H groups in total. The van der Waals surface area contributed by atoms with Crippen molar-refractivity contribution in [2.75, 3.05) is 32.0 Å². The number of nitrogens with zero attached hydrogens (tertiary/aromatic N) is 2. The van der Waals surface area contributed by atoms with Crippen molar-refractivity contribution in [2.45, 2.75) is 46.4 Å². The smallest absolute Gasteiger partial charge is 0.321 e. The highest BCUT2D eigenvalue weighted by atomic mass is 16.5. The molecule has 0 aromatic heterocycles.